The van der Waals surface area contributed by atoms with Crippen molar-refractivity contribution in [3.63, 3.8) is 0 Å². The summed E-state index contributed by atoms with van der Waals surface area (Å²) in [5, 5.41) is 13.8. The second-order valence-electron chi connectivity index (χ2n) is 4.43. The molecule has 0 aromatic heterocycles. The van der Waals surface area contributed by atoms with Gasteiger partial charge in [0.1, 0.15) is 5.75 Å². The molecule has 2 aromatic rings. The van der Waals surface area contributed by atoms with Crippen LogP contribution < -0.4 is 10.1 Å². The predicted octanol–water partition coefficient (Wildman–Crippen LogP) is 3.55. The fraction of sp³-hybridized carbons (Fsp3) is 0.133. The number of Topliss-reactive ketones (excluding diaryl/α,β-unsaturated/α-hetero) is 1. The van der Waals surface area contributed by atoms with Gasteiger partial charge in [0.05, 0.1) is 23.6 Å². The van der Waals surface area contributed by atoms with E-state index in [1.807, 2.05) is 0 Å². The monoisotopic (exact) mass is 320 g/mol. The Morgan fingerprint density at radius 2 is 1.95 bits per heavy atom. The number of anilines is 1. The highest BCUT2D eigenvalue weighted by Gasteiger charge is 2.10. The summed E-state index contributed by atoms with van der Waals surface area (Å²) >= 11 is 5.98. The summed E-state index contributed by atoms with van der Waals surface area (Å²) in [4.78, 5) is 22.2. The summed E-state index contributed by atoms with van der Waals surface area (Å²) in [5.41, 5.74) is 1.08. The summed E-state index contributed by atoms with van der Waals surface area (Å²) in [5.74, 6) is 0.351. The van der Waals surface area contributed by atoms with Gasteiger partial charge in [0.15, 0.2) is 5.78 Å². The van der Waals surface area contributed by atoms with E-state index in [0.717, 1.165) is 0 Å². The molecule has 1 N–H and O–H groups in total. The lowest BCUT2D eigenvalue weighted by Gasteiger charge is -2.07. The Labute approximate surface area is 131 Å². The van der Waals surface area contributed by atoms with Crippen molar-refractivity contribution in [2.75, 3.05) is 19.0 Å². The zero-order chi connectivity index (χ0) is 16.1. The molecule has 22 heavy (non-hydrogen) atoms. The van der Waals surface area contributed by atoms with Crippen LogP contribution in [0.15, 0.2) is 42.5 Å². The maximum absolute atomic E-state index is 12.1. The Hall–Kier alpha value is -2.60. The second-order valence-corrected chi connectivity index (χ2v) is 4.84. The van der Waals surface area contributed by atoms with Crippen molar-refractivity contribution in [3.05, 3.63) is 63.2 Å². The number of non-ortho nitro benzene ring substituents is 1. The molecule has 0 saturated carbocycles. The molecular formula is C15H13ClN2O4. The van der Waals surface area contributed by atoms with E-state index in [1.165, 1.54) is 19.2 Å². The smallest absolute Gasteiger partial charge is 0.269 e. The number of rotatable bonds is 6. The van der Waals surface area contributed by atoms with Gasteiger partial charge >= 0.3 is 0 Å². The Balaban J connectivity index is 2.00. The molecule has 0 aliphatic rings. The Bertz CT molecular complexity index is 701. The minimum absolute atomic E-state index is 0.00110. The van der Waals surface area contributed by atoms with Gasteiger partial charge in [-0.15, -0.1) is 0 Å². The first-order valence-corrected chi connectivity index (χ1v) is 6.74. The van der Waals surface area contributed by atoms with Crippen LogP contribution in [0.5, 0.6) is 5.75 Å². The van der Waals surface area contributed by atoms with E-state index in [4.69, 9.17) is 16.3 Å². The molecule has 114 valence electrons. The van der Waals surface area contributed by atoms with Gasteiger partial charge in [-0.1, -0.05) is 11.6 Å². The number of nitro groups is 1. The number of hydrogen-bond acceptors (Lipinski definition) is 5. The van der Waals surface area contributed by atoms with E-state index in [-0.39, 0.29) is 18.0 Å². The van der Waals surface area contributed by atoms with E-state index < -0.39 is 4.92 Å². The van der Waals surface area contributed by atoms with Gasteiger partial charge < -0.3 is 10.1 Å². The average molecular weight is 321 g/mol. The summed E-state index contributed by atoms with van der Waals surface area (Å²) in [6, 6.07) is 10.6. The number of nitrogens with zero attached hydrogens (tertiary/aromatic N) is 1. The molecule has 6 nitrogen and oxygen atoms in total. The van der Waals surface area contributed by atoms with Gasteiger partial charge in [-0.05, 0) is 30.3 Å². The van der Waals surface area contributed by atoms with Crippen molar-refractivity contribution in [2.45, 2.75) is 0 Å². The first-order chi connectivity index (χ1) is 10.5. The summed E-state index contributed by atoms with van der Waals surface area (Å²) in [7, 11) is 1.50. The number of benzene rings is 2. The van der Waals surface area contributed by atoms with Gasteiger partial charge in [0, 0.05) is 23.4 Å². The maximum Gasteiger partial charge on any atom is 0.269 e. The average Bonchev–Trinajstić information content (AvgIpc) is 2.52. The molecular weight excluding hydrogens is 308 g/mol. The second kappa shape index (κ2) is 6.91. The Kier molecular flexibility index (Phi) is 4.95. The van der Waals surface area contributed by atoms with Crippen LogP contribution in [-0.4, -0.2) is 24.4 Å². The van der Waals surface area contributed by atoms with E-state index in [1.54, 1.807) is 30.3 Å². The number of ether oxygens (including phenoxy) is 1. The molecule has 2 aromatic carbocycles. The van der Waals surface area contributed by atoms with Crippen molar-refractivity contribution >= 4 is 28.8 Å². The van der Waals surface area contributed by atoms with Crippen LogP contribution in [-0.2, 0) is 0 Å². The van der Waals surface area contributed by atoms with Gasteiger partial charge in [0.25, 0.3) is 5.69 Å². The lowest BCUT2D eigenvalue weighted by molar-refractivity contribution is -0.384. The highest BCUT2D eigenvalue weighted by molar-refractivity contribution is 6.32. The molecule has 0 atom stereocenters. The third kappa shape index (κ3) is 3.73. The number of carbonyl (C=O) groups excluding carboxylic acids is 1. The number of halogens is 1. The van der Waals surface area contributed by atoms with Crippen molar-refractivity contribution in [2.24, 2.45) is 0 Å². The number of carbonyl (C=O) groups is 1. The predicted molar refractivity (Wildman–Crippen MR) is 83.9 cm³/mol. The van der Waals surface area contributed by atoms with Crippen molar-refractivity contribution in [3.8, 4) is 5.75 Å². The highest BCUT2D eigenvalue weighted by Crippen LogP contribution is 2.25. The fourth-order valence-electron chi connectivity index (χ4n) is 1.83. The van der Waals surface area contributed by atoms with Crippen LogP contribution in [0.25, 0.3) is 0 Å². The van der Waals surface area contributed by atoms with E-state index in [0.29, 0.717) is 22.0 Å². The summed E-state index contributed by atoms with van der Waals surface area (Å²) in [6.45, 7) is 0.0560. The van der Waals surface area contributed by atoms with Gasteiger partial charge in [-0.25, -0.2) is 0 Å². The largest absolute Gasteiger partial charge is 0.495 e. The van der Waals surface area contributed by atoms with Crippen LogP contribution >= 0.6 is 11.6 Å². The minimum atomic E-state index is -0.478. The van der Waals surface area contributed by atoms with E-state index in [2.05, 4.69) is 5.32 Å². The Morgan fingerprint density at radius 3 is 2.50 bits per heavy atom. The van der Waals surface area contributed by atoms with E-state index in [9.17, 15) is 14.9 Å². The number of hydrogen-bond donors (Lipinski definition) is 1. The van der Waals surface area contributed by atoms with Gasteiger partial charge in [-0.3, -0.25) is 14.9 Å². The zero-order valence-electron chi connectivity index (χ0n) is 11.7. The normalized spacial score (nSPS) is 10.1. The minimum Gasteiger partial charge on any atom is -0.495 e. The van der Waals surface area contributed by atoms with Crippen LogP contribution in [0, 0.1) is 10.1 Å². The first-order valence-electron chi connectivity index (χ1n) is 6.36. The molecule has 2 rings (SSSR count). The van der Waals surface area contributed by atoms with Crippen LogP contribution in [0.2, 0.25) is 5.02 Å². The molecule has 0 amide bonds. The number of nitro benzene ring substituents is 1. The standard InChI is InChI=1S/C15H13ClN2O4/c1-22-15-7-2-10(8-13(15)16)14(19)9-17-11-3-5-12(6-4-11)18(20)21/h2-8,17H,9H2,1H3. The maximum atomic E-state index is 12.1. The number of nitrogens with one attached hydrogen (secondary N) is 1. The lowest BCUT2D eigenvalue weighted by Crippen LogP contribution is -2.14. The molecule has 0 heterocycles. The molecule has 0 bridgehead atoms. The SMILES string of the molecule is COc1ccc(C(=O)CNc2ccc([N+](=O)[O-])cc2)cc1Cl. The van der Waals surface area contributed by atoms with Gasteiger partial charge in [-0.2, -0.15) is 0 Å². The van der Waals surface area contributed by atoms with Gasteiger partial charge in [0.2, 0.25) is 0 Å². The zero-order valence-corrected chi connectivity index (χ0v) is 12.5. The van der Waals surface area contributed by atoms with Crippen molar-refractivity contribution in [1.82, 2.24) is 0 Å². The summed E-state index contributed by atoms with van der Waals surface area (Å²) < 4.78 is 5.03. The molecule has 0 aliphatic carbocycles. The van der Waals surface area contributed by atoms with Crippen LogP contribution in [0.1, 0.15) is 10.4 Å². The molecule has 7 heteroatoms. The first kappa shape index (κ1) is 15.8. The number of ketones is 1. The Morgan fingerprint density at radius 1 is 1.27 bits per heavy atom. The molecule has 0 radical (unpaired) electrons. The topological polar surface area (TPSA) is 81.5 Å². The molecule has 0 spiro atoms. The molecule has 0 aliphatic heterocycles. The van der Waals surface area contributed by atoms with Crippen molar-refractivity contribution < 1.29 is 14.5 Å². The molecule has 0 unspecified atom stereocenters. The number of methoxy groups -OCH3 is 1. The third-order valence-electron chi connectivity index (χ3n) is 3.00. The lowest BCUT2D eigenvalue weighted by atomic mass is 10.1. The highest BCUT2D eigenvalue weighted by atomic mass is 35.5. The third-order valence-corrected chi connectivity index (χ3v) is 3.30. The molecule has 0 saturated heterocycles. The fourth-order valence-corrected chi connectivity index (χ4v) is 2.08. The van der Waals surface area contributed by atoms with Crippen molar-refractivity contribution in [1.29, 1.82) is 0 Å². The van der Waals surface area contributed by atoms with Crippen LogP contribution in [0.3, 0.4) is 0 Å². The quantitative estimate of drug-likeness (QED) is 0.500. The molecule has 0 fully saturated rings. The summed E-state index contributed by atoms with van der Waals surface area (Å²) in [6.07, 6.45) is 0. The van der Waals surface area contributed by atoms with E-state index >= 15 is 0 Å². The van der Waals surface area contributed by atoms with Crippen LogP contribution in [0.4, 0.5) is 11.4 Å².